The summed E-state index contributed by atoms with van der Waals surface area (Å²) in [5.74, 6) is -3.19. The van der Waals surface area contributed by atoms with Crippen LogP contribution in [0.2, 0.25) is 10.0 Å². The zero-order valence-corrected chi connectivity index (χ0v) is 19.7. The number of ketones is 1. The van der Waals surface area contributed by atoms with Gasteiger partial charge in [0.2, 0.25) is 0 Å². The zero-order valence-electron chi connectivity index (χ0n) is 18.2. The summed E-state index contributed by atoms with van der Waals surface area (Å²) >= 11 is 12.2. The molecule has 3 amide bonds. The summed E-state index contributed by atoms with van der Waals surface area (Å²) in [6, 6.07) is 9.08. The Morgan fingerprint density at radius 1 is 0.943 bits per heavy atom. The largest absolute Gasteiger partial charge is 0.292 e. The number of Topliss-reactive ketones (excluding diaryl/α,β-unsaturated/α-hetero) is 1. The predicted octanol–water partition coefficient (Wildman–Crippen LogP) is 4.43. The fourth-order valence-electron chi connectivity index (χ4n) is 6.08. The molecular weight excluding hydrogens is 494 g/mol. The van der Waals surface area contributed by atoms with E-state index in [0.717, 1.165) is 28.6 Å². The zero-order chi connectivity index (χ0) is 24.6. The van der Waals surface area contributed by atoms with Crippen LogP contribution in [0, 0.1) is 41.3 Å². The van der Waals surface area contributed by atoms with Crippen molar-refractivity contribution in [2.45, 2.75) is 6.42 Å². The summed E-state index contributed by atoms with van der Waals surface area (Å²) < 4.78 is 13.4. The third-order valence-electron chi connectivity index (χ3n) is 7.74. The van der Waals surface area contributed by atoms with Gasteiger partial charge < -0.3 is 0 Å². The lowest BCUT2D eigenvalue weighted by atomic mass is 9.63. The molecule has 0 aromatic heterocycles. The van der Waals surface area contributed by atoms with E-state index in [4.69, 9.17) is 23.2 Å². The fraction of sp³-hybridized carbons (Fsp3) is 0.308. The Balaban J connectivity index is 1.38. The van der Waals surface area contributed by atoms with Crippen LogP contribution in [0.5, 0.6) is 0 Å². The van der Waals surface area contributed by atoms with E-state index in [2.05, 4.69) is 0 Å². The Morgan fingerprint density at radius 3 is 2.11 bits per heavy atom. The highest BCUT2D eigenvalue weighted by Crippen LogP contribution is 2.65. The number of imide groups is 1. The molecule has 178 valence electrons. The number of benzene rings is 2. The average molecular weight is 513 g/mol. The minimum Gasteiger partial charge on any atom is -0.292 e. The van der Waals surface area contributed by atoms with Crippen LogP contribution < -0.4 is 0 Å². The first-order chi connectivity index (χ1) is 16.8. The van der Waals surface area contributed by atoms with Gasteiger partial charge in [-0.05, 0) is 72.6 Å². The van der Waals surface area contributed by atoms with E-state index in [1.54, 1.807) is 0 Å². The van der Waals surface area contributed by atoms with Crippen LogP contribution in [-0.2, 0) is 9.59 Å². The SMILES string of the molecule is O=C(CN(C(=O)c1ccc(Cl)cc1Cl)N1C(=O)[C@@H]2[C@H]3C=C[C@@H]([C@@H]4C[C@@H]34)[C@@H]2C1=O)c1ccc(F)cc1. The molecule has 1 saturated heterocycles. The van der Waals surface area contributed by atoms with Gasteiger partial charge >= 0.3 is 0 Å². The van der Waals surface area contributed by atoms with Crippen molar-refractivity contribution in [1.29, 1.82) is 0 Å². The smallest absolute Gasteiger partial charge is 0.274 e. The summed E-state index contributed by atoms with van der Waals surface area (Å²) in [6.45, 7) is -0.587. The first kappa shape index (κ1) is 22.4. The van der Waals surface area contributed by atoms with Crippen molar-refractivity contribution in [3.8, 4) is 0 Å². The number of halogens is 3. The van der Waals surface area contributed by atoms with Gasteiger partial charge in [0.1, 0.15) is 12.4 Å². The Labute approximate surface area is 210 Å². The van der Waals surface area contributed by atoms with Gasteiger partial charge in [0.25, 0.3) is 17.7 Å². The van der Waals surface area contributed by atoms with Gasteiger partial charge in [-0.25, -0.2) is 9.40 Å². The fourth-order valence-corrected chi connectivity index (χ4v) is 6.57. The Morgan fingerprint density at radius 2 is 1.54 bits per heavy atom. The lowest BCUT2D eigenvalue weighted by Crippen LogP contribution is -2.52. The maximum Gasteiger partial charge on any atom is 0.274 e. The third kappa shape index (κ3) is 3.44. The van der Waals surface area contributed by atoms with Crippen molar-refractivity contribution in [3.63, 3.8) is 0 Å². The van der Waals surface area contributed by atoms with Gasteiger partial charge in [0, 0.05) is 10.6 Å². The van der Waals surface area contributed by atoms with Crippen LogP contribution in [0.3, 0.4) is 0 Å². The van der Waals surface area contributed by atoms with E-state index in [1.165, 1.54) is 30.3 Å². The number of nitrogens with zero attached hydrogens (tertiary/aromatic N) is 2. The van der Waals surface area contributed by atoms with E-state index in [1.807, 2.05) is 12.2 Å². The lowest BCUT2D eigenvalue weighted by Gasteiger charge is -2.37. The summed E-state index contributed by atoms with van der Waals surface area (Å²) in [4.78, 5) is 54.0. The van der Waals surface area contributed by atoms with E-state index in [0.29, 0.717) is 16.9 Å². The second kappa shape index (κ2) is 8.00. The molecule has 2 bridgehead atoms. The number of allylic oxidation sites excluding steroid dienone is 2. The summed E-state index contributed by atoms with van der Waals surface area (Å²) in [5.41, 5.74) is 0.147. The van der Waals surface area contributed by atoms with Crippen molar-refractivity contribution in [2.24, 2.45) is 35.5 Å². The Bertz CT molecular complexity index is 1290. The molecule has 2 aromatic rings. The van der Waals surface area contributed by atoms with E-state index in [-0.39, 0.29) is 28.0 Å². The van der Waals surface area contributed by atoms with Crippen LogP contribution in [0.1, 0.15) is 27.1 Å². The predicted molar refractivity (Wildman–Crippen MR) is 125 cm³/mol. The summed E-state index contributed by atoms with van der Waals surface area (Å²) in [5, 5.41) is 2.07. The van der Waals surface area contributed by atoms with Crippen molar-refractivity contribution in [2.75, 3.05) is 6.54 Å². The Hall–Kier alpha value is -3.03. The van der Waals surface area contributed by atoms with Crippen LogP contribution in [0.15, 0.2) is 54.6 Å². The molecule has 6 nitrogen and oxygen atoms in total. The van der Waals surface area contributed by atoms with Crippen LogP contribution in [0.25, 0.3) is 0 Å². The monoisotopic (exact) mass is 512 g/mol. The molecule has 0 spiro atoms. The maximum absolute atomic E-state index is 13.7. The number of hydrogen-bond acceptors (Lipinski definition) is 4. The molecule has 9 heteroatoms. The first-order valence-corrected chi connectivity index (χ1v) is 12.1. The molecule has 3 fully saturated rings. The van der Waals surface area contributed by atoms with Crippen LogP contribution in [-0.4, -0.2) is 40.1 Å². The van der Waals surface area contributed by atoms with Crippen molar-refractivity contribution in [3.05, 3.63) is 81.6 Å². The normalized spacial score (nSPS) is 29.7. The number of carbonyl (C=O) groups is 4. The Kier molecular flexibility index (Phi) is 5.13. The molecule has 1 heterocycles. The van der Waals surface area contributed by atoms with Crippen molar-refractivity contribution >= 4 is 46.7 Å². The molecule has 7 rings (SSSR count). The molecule has 35 heavy (non-hydrogen) atoms. The molecule has 2 aromatic carbocycles. The van der Waals surface area contributed by atoms with Crippen LogP contribution in [0.4, 0.5) is 4.39 Å². The molecule has 5 aliphatic rings. The minimum absolute atomic E-state index is 0.00221. The van der Waals surface area contributed by atoms with E-state index < -0.39 is 47.7 Å². The molecule has 6 atom stereocenters. The second-order valence-corrected chi connectivity index (χ2v) is 10.4. The topological polar surface area (TPSA) is 74.8 Å². The highest BCUT2D eigenvalue weighted by atomic mass is 35.5. The molecule has 0 unspecified atom stereocenters. The van der Waals surface area contributed by atoms with Gasteiger partial charge in [-0.3, -0.25) is 19.2 Å². The molecule has 4 aliphatic carbocycles. The van der Waals surface area contributed by atoms with Crippen molar-refractivity contribution < 1.29 is 23.6 Å². The highest BCUT2D eigenvalue weighted by Gasteiger charge is 2.68. The molecule has 1 aliphatic heterocycles. The van der Waals surface area contributed by atoms with E-state index in [9.17, 15) is 23.6 Å². The lowest BCUT2D eigenvalue weighted by molar-refractivity contribution is -0.154. The molecule has 0 N–H and O–H groups in total. The van der Waals surface area contributed by atoms with Crippen LogP contribution >= 0.6 is 23.2 Å². The molecular formula is C26H19Cl2FN2O4. The first-order valence-electron chi connectivity index (χ1n) is 11.4. The summed E-state index contributed by atoms with van der Waals surface area (Å²) in [7, 11) is 0. The van der Waals surface area contributed by atoms with Gasteiger partial charge in [0.15, 0.2) is 5.78 Å². The standard InChI is InChI=1S/C26H19Cl2FN2O4/c27-13-3-6-17(20(28)9-13)24(33)30(11-21(32)12-1-4-14(29)5-2-12)31-25(34)22-15-7-8-16(19-10-18(15)19)23(22)26(31)35/h1-9,15-16,18-19,22-23H,10-11H2/t15-,16-,18-,19-,22-,23+/m0/s1. The number of amides is 3. The number of hydrazine groups is 1. The van der Waals surface area contributed by atoms with Gasteiger partial charge in [-0.15, -0.1) is 0 Å². The number of rotatable bonds is 5. The third-order valence-corrected chi connectivity index (χ3v) is 8.28. The van der Waals surface area contributed by atoms with E-state index >= 15 is 0 Å². The van der Waals surface area contributed by atoms with Gasteiger partial charge in [-0.1, -0.05) is 35.4 Å². The van der Waals surface area contributed by atoms with Gasteiger partial charge in [0.05, 0.1) is 22.4 Å². The summed E-state index contributed by atoms with van der Waals surface area (Å²) in [6.07, 6.45) is 5.06. The van der Waals surface area contributed by atoms with Gasteiger partial charge in [-0.2, -0.15) is 5.01 Å². The minimum atomic E-state index is -0.770. The van der Waals surface area contributed by atoms with Crippen molar-refractivity contribution in [1.82, 2.24) is 10.0 Å². The quantitative estimate of drug-likeness (QED) is 0.337. The second-order valence-electron chi connectivity index (χ2n) is 9.56. The average Bonchev–Trinajstić information content (AvgIpc) is 3.61. The molecule has 2 saturated carbocycles. The number of carbonyl (C=O) groups excluding carboxylic acids is 4. The maximum atomic E-state index is 13.7. The number of hydrogen-bond donors (Lipinski definition) is 0. The molecule has 0 radical (unpaired) electrons. The highest BCUT2D eigenvalue weighted by molar-refractivity contribution is 6.36.